The molecule has 0 saturated carbocycles. The predicted octanol–water partition coefficient (Wildman–Crippen LogP) is 4.04. The number of esters is 1. The molecule has 0 aliphatic carbocycles. The van der Waals surface area contributed by atoms with E-state index in [1.807, 2.05) is 44.2 Å². The van der Waals surface area contributed by atoms with E-state index < -0.39 is 11.9 Å². The van der Waals surface area contributed by atoms with Gasteiger partial charge in [0, 0.05) is 12.2 Å². The van der Waals surface area contributed by atoms with E-state index in [4.69, 9.17) is 9.15 Å². The number of rotatable bonds is 8. The summed E-state index contributed by atoms with van der Waals surface area (Å²) >= 11 is 0. The molecule has 0 unspecified atom stereocenters. The van der Waals surface area contributed by atoms with Gasteiger partial charge >= 0.3 is 5.97 Å². The summed E-state index contributed by atoms with van der Waals surface area (Å²) in [6, 6.07) is 12.8. The molecule has 136 valence electrons. The minimum absolute atomic E-state index is 0.0337. The van der Waals surface area contributed by atoms with E-state index in [9.17, 15) is 9.59 Å². The number of hydrogen-bond acceptors (Lipinski definition) is 4. The van der Waals surface area contributed by atoms with Crippen LogP contribution in [-0.4, -0.2) is 18.5 Å². The molecule has 0 radical (unpaired) electrons. The zero-order valence-electron chi connectivity index (χ0n) is 15.0. The van der Waals surface area contributed by atoms with Crippen LogP contribution in [0.2, 0.25) is 0 Å². The molecule has 5 nitrogen and oxygen atoms in total. The molecule has 1 aromatic heterocycles. The molecule has 0 fully saturated rings. The fourth-order valence-electron chi connectivity index (χ4n) is 2.04. The van der Waals surface area contributed by atoms with Crippen molar-refractivity contribution in [1.29, 1.82) is 0 Å². The molecule has 1 N–H and O–H groups in total. The monoisotopic (exact) mass is 353 g/mol. The van der Waals surface area contributed by atoms with Crippen molar-refractivity contribution in [2.24, 2.45) is 5.92 Å². The van der Waals surface area contributed by atoms with Gasteiger partial charge in [-0.3, -0.25) is 4.79 Å². The smallest absolute Gasteiger partial charge is 0.354 e. The van der Waals surface area contributed by atoms with Crippen molar-refractivity contribution in [3.63, 3.8) is 0 Å². The Hall–Kier alpha value is -3.08. The van der Waals surface area contributed by atoms with Gasteiger partial charge in [0.1, 0.15) is 11.5 Å². The average Bonchev–Trinajstić information content (AvgIpc) is 3.13. The van der Waals surface area contributed by atoms with Crippen LogP contribution in [0, 0.1) is 5.92 Å². The highest BCUT2D eigenvalue weighted by Gasteiger charge is 2.14. The second-order valence-electron chi connectivity index (χ2n) is 6.13. The average molecular weight is 353 g/mol. The second kappa shape index (κ2) is 10.0. The Bertz CT molecular complexity index is 759. The van der Waals surface area contributed by atoms with Gasteiger partial charge in [-0.2, -0.15) is 0 Å². The van der Waals surface area contributed by atoms with Gasteiger partial charge in [0.2, 0.25) is 5.91 Å². The molecule has 0 bridgehead atoms. The summed E-state index contributed by atoms with van der Waals surface area (Å²) < 4.78 is 10.5. The van der Waals surface area contributed by atoms with Crippen molar-refractivity contribution in [3.8, 4) is 0 Å². The van der Waals surface area contributed by atoms with Gasteiger partial charge in [-0.1, -0.05) is 44.2 Å². The first-order valence-corrected chi connectivity index (χ1v) is 8.51. The van der Waals surface area contributed by atoms with E-state index in [1.54, 1.807) is 18.2 Å². The zero-order valence-corrected chi connectivity index (χ0v) is 15.0. The number of ether oxygens (including phenoxy) is 1. The number of amides is 1. The summed E-state index contributed by atoms with van der Waals surface area (Å²) in [5.41, 5.74) is 0.921. The normalized spacial score (nSPS) is 11.7. The Morgan fingerprint density at radius 2 is 1.92 bits per heavy atom. The van der Waals surface area contributed by atoms with Gasteiger partial charge in [-0.15, -0.1) is 0 Å². The van der Waals surface area contributed by atoms with E-state index >= 15 is 0 Å². The van der Waals surface area contributed by atoms with Gasteiger partial charge < -0.3 is 14.5 Å². The van der Waals surface area contributed by atoms with Crippen LogP contribution < -0.4 is 5.32 Å². The third-order valence-corrected chi connectivity index (χ3v) is 3.46. The third-order valence-electron chi connectivity index (χ3n) is 3.46. The van der Waals surface area contributed by atoms with E-state index in [2.05, 4.69) is 5.32 Å². The molecule has 1 aromatic carbocycles. The van der Waals surface area contributed by atoms with Crippen molar-refractivity contribution in [3.05, 3.63) is 71.8 Å². The van der Waals surface area contributed by atoms with Crippen LogP contribution in [0.1, 0.15) is 31.6 Å². The van der Waals surface area contributed by atoms with Crippen LogP contribution in [0.25, 0.3) is 12.2 Å². The molecule has 0 aliphatic rings. The minimum Gasteiger partial charge on any atom is -0.465 e. The quantitative estimate of drug-likeness (QED) is 0.574. The summed E-state index contributed by atoms with van der Waals surface area (Å²) in [7, 11) is 0. The molecule has 2 aromatic rings. The summed E-state index contributed by atoms with van der Waals surface area (Å²) in [4.78, 5) is 24.5. The fourth-order valence-corrected chi connectivity index (χ4v) is 2.04. The van der Waals surface area contributed by atoms with Gasteiger partial charge in [-0.25, -0.2) is 4.79 Å². The lowest BCUT2D eigenvalue weighted by atomic mass is 10.1. The maximum atomic E-state index is 12.3. The minimum atomic E-state index is -0.594. The standard InChI is InChI=1S/C21H23NO4/c1-16(2)12-14-26-21(24)19(15-18-9-6-13-25-18)22-20(23)11-10-17-7-4-3-5-8-17/h3-11,13,15-16H,12,14H2,1-2H3,(H,22,23)/b11-10+,19-15+. The van der Waals surface area contributed by atoms with Crippen molar-refractivity contribution in [2.45, 2.75) is 20.3 Å². The van der Waals surface area contributed by atoms with Crippen LogP contribution in [0.4, 0.5) is 0 Å². The number of hydrogen-bond donors (Lipinski definition) is 1. The number of nitrogens with one attached hydrogen (secondary N) is 1. The Balaban J connectivity index is 2.05. The van der Waals surface area contributed by atoms with Crippen molar-refractivity contribution in [2.75, 3.05) is 6.61 Å². The largest absolute Gasteiger partial charge is 0.465 e. The highest BCUT2D eigenvalue weighted by atomic mass is 16.5. The predicted molar refractivity (Wildman–Crippen MR) is 101 cm³/mol. The first-order chi connectivity index (χ1) is 12.5. The summed E-state index contributed by atoms with van der Waals surface area (Å²) in [5, 5.41) is 2.56. The van der Waals surface area contributed by atoms with Gasteiger partial charge in [0.25, 0.3) is 0 Å². The Labute approximate surface area is 153 Å². The number of furan rings is 1. The van der Waals surface area contributed by atoms with Crippen molar-refractivity contribution >= 4 is 24.0 Å². The van der Waals surface area contributed by atoms with E-state index in [0.717, 1.165) is 12.0 Å². The maximum Gasteiger partial charge on any atom is 0.354 e. The first-order valence-electron chi connectivity index (χ1n) is 8.51. The molecule has 0 spiro atoms. The third kappa shape index (κ3) is 6.81. The van der Waals surface area contributed by atoms with Crippen LogP contribution >= 0.6 is 0 Å². The fraction of sp³-hybridized carbons (Fsp3) is 0.238. The maximum absolute atomic E-state index is 12.3. The highest BCUT2D eigenvalue weighted by molar-refractivity contribution is 6.01. The SMILES string of the molecule is CC(C)CCOC(=O)/C(=C\c1ccco1)NC(=O)/C=C/c1ccccc1. The Morgan fingerprint density at radius 3 is 2.58 bits per heavy atom. The van der Waals surface area contributed by atoms with E-state index in [-0.39, 0.29) is 5.70 Å². The van der Waals surface area contributed by atoms with E-state index in [0.29, 0.717) is 18.3 Å². The number of carbonyl (C=O) groups excluding carboxylic acids is 2. The highest BCUT2D eigenvalue weighted by Crippen LogP contribution is 2.09. The Kier molecular flexibility index (Phi) is 7.43. The second-order valence-corrected chi connectivity index (χ2v) is 6.13. The molecule has 26 heavy (non-hydrogen) atoms. The van der Waals surface area contributed by atoms with Crippen LogP contribution in [0.5, 0.6) is 0 Å². The lowest BCUT2D eigenvalue weighted by Gasteiger charge is -2.10. The van der Waals surface area contributed by atoms with Gasteiger partial charge in [0.05, 0.1) is 12.9 Å². The topological polar surface area (TPSA) is 68.5 Å². The molecular formula is C21H23NO4. The Morgan fingerprint density at radius 1 is 1.15 bits per heavy atom. The molecule has 0 atom stereocenters. The summed E-state index contributed by atoms with van der Waals surface area (Å²) in [5.74, 6) is -0.146. The number of carbonyl (C=O) groups is 2. The molecule has 5 heteroatoms. The number of benzene rings is 1. The molecule has 2 rings (SSSR count). The van der Waals surface area contributed by atoms with Gasteiger partial charge in [0.15, 0.2) is 0 Å². The first kappa shape index (κ1) is 19.2. The van der Waals surface area contributed by atoms with Crippen LogP contribution in [0.15, 0.2) is 64.9 Å². The lowest BCUT2D eigenvalue weighted by Crippen LogP contribution is -2.27. The van der Waals surface area contributed by atoms with Crippen LogP contribution in [-0.2, 0) is 14.3 Å². The van der Waals surface area contributed by atoms with Gasteiger partial charge in [-0.05, 0) is 36.1 Å². The van der Waals surface area contributed by atoms with Crippen LogP contribution in [0.3, 0.4) is 0 Å². The summed E-state index contributed by atoms with van der Waals surface area (Å²) in [6.07, 6.45) is 6.73. The van der Waals surface area contributed by atoms with Crippen molar-refractivity contribution < 1.29 is 18.7 Å². The lowest BCUT2D eigenvalue weighted by molar-refractivity contribution is -0.140. The molecule has 0 saturated heterocycles. The molecule has 0 aliphatic heterocycles. The molecular weight excluding hydrogens is 330 g/mol. The van der Waals surface area contributed by atoms with E-state index in [1.165, 1.54) is 18.4 Å². The van der Waals surface area contributed by atoms with Crippen molar-refractivity contribution in [1.82, 2.24) is 5.32 Å². The summed E-state index contributed by atoms with van der Waals surface area (Å²) in [6.45, 7) is 4.38. The molecule has 1 heterocycles. The zero-order chi connectivity index (χ0) is 18.8. The molecule has 1 amide bonds.